The number of pyridine rings is 1. The van der Waals surface area contributed by atoms with E-state index in [1.807, 2.05) is 16.4 Å². The van der Waals surface area contributed by atoms with E-state index in [2.05, 4.69) is 20.8 Å². The molecular formula is C37H41FN8O10S3. The number of unbranched alkanes of at least 4 members (excludes halogenated alkanes) is 2. The maximum atomic E-state index is 15.3. The maximum absolute atomic E-state index is 15.3. The number of hydrogen-bond donors (Lipinski definition) is 3. The second-order valence-electron chi connectivity index (χ2n) is 13.8. The highest BCUT2D eigenvalue weighted by atomic mass is 32.2. The number of aromatic nitrogens is 2. The summed E-state index contributed by atoms with van der Waals surface area (Å²) in [4.78, 5) is 90.5. The van der Waals surface area contributed by atoms with Crippen molar-refractivity contribution in [3.05, 3.63) is 56.1 Å². The molecule has 59 heavy (non-hydrogen) atoms. The number of oxime groups is 1. The Hall–Kier alpha value is -5.19. The molecule has 3 atom stereocenters. The molecule has 4 aliphatic rings. The van der Waals surface area contributed by atoms with Gasteiger partial charge >= 0.3 is 17.9 Å². The predicted octanol–water partition coefficient (Wildman–Crippen LogP) is 2.35. The molecule has 2 amide bonds. The third-order valence-corrected chi connectivity index (χ3v) is 13.1. The average Bonchev–Trinajstić information content (AvgIpc) is 3.65. The van der Waals surface area contributed by atoms with Crippen LogP contribution in [0.2, 0.25) is 0 Å². The van der Waals surface area contributed by atoms with Crippen molar-refractivity contribution in [2.45, 2.75) is 54.9 Å². The van der Waals surface area contributed by atoms with Crippen LogP contribution in [-0.4, -0.2) is 120 Å². The van der Waals surface area contributed by atoms with Crippen LogP contribution in [0.15, 0.2) is 43.8 Å². The second kappa shape index (κ2) is 18.0. The van der Waals surface area contributed by atoms with E-state index in [0.717, 1.165) is 24.4 Å². The fourth-order valence-electron chi connectivity index (χ4n) is 7.09. The summed E-state index contributed by atoms with van der Waals surface area (Å²) in [6.45, 7) is 5.58. The SMILES string of the molecule is CO/N=C(\C(=O)N[C@@H]1C(=O)N2C(C(=O)OCCCCCOC(=O)c3c4n(c5cc(N6CCNCC6)c(F)cc5c3=O)C(C)S4)=C(COC(C)=O)CS[C@H]12)c1csc(N)n1. The number of carbonyl (C=O) groups is 5. The van der Waals surface area contributed by atoms with Crippen molar-refractivity contribution in [1.29, 1.82) is 0 Å². The number of nitrogens with zero attached hydrogens (tertiary/aromatic N) is 5. The van der Waals surface area contributed by atoms with Gasteiger partial charge in [0.05, 0.1) is 34.8 Å². The lowest BCUT2D eigenvalue weighted by molar-refractivity contribution is -0.152. The van der Waals surface area contributed by atoms with Gasteiger partial charge in [0.25, 0.3) is 11.8 Å². The van der Waals surface area contributed by atoms with Crippen molar-refractivity contribution < 1.29 is 47.4 Å². The number of carbonyl (C=O) groups excluding carboxylic acids is 5. The number of β-lactam (4-membered cyclic amide) rings is 1. The Labute approximate surface area is 349 Å². The van der Waals surface area contributed by atoms with Crippen LogP contribution >= 0.6 is 34.9 Å². The van der Waals surface area contributed by atoms with Crippen molar-refractivity contribution in [3.63, 3.8) is 0 Å². The second-order valence-corrected chi connectivity index (χ2v) is 17.1. The molecule has 1 aromatic carbocycles. The summed E-state index contributed by atoms with van der Waals surface area (Å²) >= 11 is 3.74. The topological polar surface area (TPSA) is 226 Å². The summed E-state index contributed by atoms with van der Waals surface area (Å²) in [7, 11) is 1.26. The first-order valence-electron chi connectivity index (χ1n) is 18.7. The summed E-state index contributed by atoms with van der Waals surface area (Å²) in [5.41, 5.74) is 6.27. The molecule has 6 heterocycles. The Kier molecular flexibility index (Phi) is 12.8. The number of halogens is 1. The molecule has 7 rings (SSSR count). The highest BCUT2D eigenvalue weighted by Crippen LogP contribution is 2.47. The average molecular weight is 873 g/mol. The molecule has 22 heteroatoms. The Morgan fingerprint density at radius 2 is 1.80 bits per heavy atom. The molecule has 4 N–H and O–H groups in total. The number of benzene rings is 1. The van der Waals surface area contributed by atoms with Crippen LogP contribution in [0.5, 0.6) is 0 Å². The van der Waals surface area contributed by atoms with E-state index in [9.17, 15) is 28.8 Å². The lowest BCUT2D eigenvalue weighted by Gasteiger charge is -2.49. The number of esters is 3. The number of thiazole rings is 1. The summed E-state index contributed by atoms with van der Waals surface area (Å²) < 4.78 is 33.4. The van der Waals surface area contributed by atoms with Gasteiger partial charge in [0.15, 0.2) is 10.8 Å². The van der Waals surface area contributed by atoms with Crippen LogP contribution in [0.1, 0.15) is 54.5 Å². The Balaban J connectivity index is 0.933. The first-order valence-corrected chi connectivity index (χ1v) is 21.5. The molecule has 0 radical (unpaired) electrons. The minimum atomic E-state index is -1.02. The number of piperazine rings is 1. The number of thioether (sulfide) groups is 2. The summed E-state index contributed by atoms with van der Waals surface area (Å²) in [5.74, 6) is -3.81. The summed E-state index contributed by atoms with van der Waals surface area (Å²) in [6, 6.07) is 1.88. The molecular weight excluding hydrogens is 832 g/mol. The van der Waals surface area contributed by atoms with Gasteiger partial charge in [-0.05, 0) is 38.3 Å². The minimum absolute atomic E-state index is 0.0150. The van der Waals surface area contributed by atoms with Crippen LogP contribution in [0.4, 0.5) is 15.2 Å². The molecule has 1 unspecified atom stereocenters. The summed E-state index contributed by atoms with van der Waals surface area (Å²) in [6.07, 6.45) is 1.24. The number of rotatable bonds is 15. The number of amides is 2. The third-order valence-electron chi connectivity index (χ3n) is 9.93. The first-order chi connectivity index (χ1) is 28.4. The van der Waals surface area contributed by atoms with Crippen molar-refractivity contribution in [2.24, 2.45) is 5.16 Å². The fourth-order valence-corrected chi connectivity index (χ4v) is 10.1. The molecule has 3 aromatic rings. The van der Waals surface area contributed by atoms with Gasteiger partial charge in [0.2, 0.25) is 5.43 Å². The molecule has 2 aromatic heterocycles. The largest absolute Gasteiger partial charge is 0.462 e. The molecule has 2 saturated heterocycles. The van der Waals surface area contributed by atoms with Gasteiger partial charge in [0.1, 0.15) is 47.9 Å². The minimum Gasteiger partial charge on any atom is -0.462 e. The van der Waals surface area contributed by atoms with E-state index in [1.54, 1.807) is 6.07 Å². The van der Waals surface area contributed by atoms with Crippen molar-refractivity contribution in [3.8, 4) is 0 Å². The van der Waals surface area contributed by atoms with E-state index in [-0.39, 0.29) is 64.1 Å². The lowest BCUT2D eigenvalue weighted by Crippen LogP contribution is -2.71. The smallest absolute Gasteiger partial charge is 0.355 e. The Morgan fingerprint density at radius 1 is 1.07 bits per heavy atom. The molecule has 18 nitrogen and oxygen atoms in total. The Bertz CT molecular complexity index is 2330. The van der Waals surface area contributed by atoms with Crippen molar-refractivity contribution >= 4 is 92.0 Å². The van der Waals surface area contributed by atoms with Crippen LogP contribution in [0.3, 0.4) is 0 Å². The summed E-state index contributed by atoms with van der Waals surface area (Å²) in [5, 5.41) is 11.2. The van der Waals surface area contributed by atoms with Gasteiger partial charge in [-0.25, -0.2) is 19.0 Å². The van der Waals surface area contributed by atoms with Gasteiger partial charge < -0.3 is 44.9 Å². The Morgan fingerprint density at radius 3 is 2.46 bits per heavy atom. The number of fused-ring (bicyclic) bond motifs is 4. The van der Waals surface area contributed by atoms with E-state index in [1.165, 1.54) is 53.9 Å². The van der Waals surface area contributed by atoms with Crippen LogP contribution in [0, 0.1) is 5.82 Å². The monoisotopic (exact) mass is 872 g/mol. The van der Waals surface area contributed by atoms with Gasteiger partial charge in [-0.2, -0.15) is 0 Å². The third kappa shape index (κ3) is 8.48. The van der Waals surface area contributed by atoms with Gasteiger partial charge in [-0.3, -0.25) is 24.1 Å². The zero-order valence-corrected chi connectivity index (χ0v) is 34.7. The standard InChI is InChI=1S/C37H41FN8O10S3/c1-18-45-24-14-25(44-9-7-40-8-10-44)22(38)13-21(24)30(48)26(33(45)59-18)35(51)54-11-5-4-6-12-55-36(52)29-20(15-56-19(2)47)16-57-34-28(32(50)46(29)34)42-31(49)27(43-53-3)23-17-58-37(39)41-23/h13-14,17-18,28,34,40H,4-12,15-16H2,1-3H3,(H2,39,41)(H,42,49)/b43-27-/t18?,28-,34-/m1/s1. The number of nitrogens with one attached hydrogen (secondary N) is 2. The van der Waals surface area contributed by atoms with E-state index >= 15 is 4.39 Å². The molecule has 0 bridgehead atoms. The highest BCUT2D eigenvalue weighted by molar-refractivity contribution is 8.00. The highest BCUT2D eigenvalue weighted by Gasteiger charge is 2.55. The number of anilines is 2. The molecule has 0 aliphatic carbocycles. The first kappa shape index (κ1) is 42.0. The predicted molar refractivity (Wildman–Crippen MR) is 218 cm³/mol. The van der Waals surface area contributed by atoms with E-state index in [4.69, 9.17) is 24.8 Å². The zero-order chi connectivity index (χ0) is 42.0. The molecule has 0 spiro atoms. The van der Waals surface area contributed by atoms with Gasteiger partial charge in [0, 0.05) is 55.2 Å². The van der Waals surface area contributed by atoms with Crippen molar-refractivity contribution in [1.82, 2.24) is 25.1 Å². The van der Waals surface area contributed by atoms with Gasteiger partial charge in [-0.1, -0.05) is 16.9 Å². The van der Waals surface area contributed by atoms with Crippen molar-refractivity contribution in [2.75, 3.05) is 69.5 Å². The van der Waals surface area contributed by atoms with Gasteiger partial charge in [-0.15, -0.1) is 23.1 Å². The van der Waals surface area contributed by atoms with E-state index < -0.39 is 52.4 Å². The van der Waals surface area contributed by atoms with Crippen LogP contribution in [-0.2, 0) is 38.2 Å². The normalized spacial score (nSPS) is 20.0. The van der Waals surface area contributed by atoms with E-state index in [0.29, 0.717) is 54.2 Å². The number of ether oxygens (including phenoxy) is 3. The number of hydrogen-bond acceptors (Lipinski definition) is 18. The number of nitrogens with two attached hydrogens (primary N) is 1. The maximum Gasteiger partial charge on any atom is 0.355 e. The quantitative estimate of drug-likeness (QED) is 0.0498. The molecule has 4 aliphatic heterocycles. The fraction of sp³-hybridized carbons (Fsp3) is 0.459. The molecule has 314 valence electrons. The lowest BCUT2D eigenvalue weighted by atomic mass is 10.0. The zero-order valence-electron chi connectivity index (χ0n) is 32.2. The molecule has 0 saturated carbocycles. The van der Waals surface area contributed by atoms with Crippen LogP contribution in [0.25, 0.3) is 10.9 Å². The van der Waals surface area contributed by atoms with Crippen LogP contribution < -0.4 is 26.7 Å². The number of nitrogen functional groups attached to an aromatic ring is 1. The molecule has 2 fully saturated rings.